The Morgan fingerprint density at radius 3 is 2.47 bits per heavy atom. The maximum Gasteiger partial charge on any atom is 0.0920 e. The molecule has 0 radical (unpaired) electrons. The van der Waals surface area contributed by atoms with Gasteiger partial charge < -0.3 is 5.11 Å². The van der Waals surface area contributed by atoms with Gasteiger partial charge in [-0.1, -0.05) is 23.8 Å². The fourth-order valence-electron chi connectivity index (χ4n) is 3.37. The summed E-state index contributed by atoms with van der Waals surface area (Å²) >= 11 is 2.10. The van der Waals surface area contributed by atoms with Crippen molar-refractivity contribution in [1.82, 2.24) is 0 Å². The molecule has 1 nitrogen and oxygen atoms in total. The van der Waals surface area contributed by atoms with Gasteiger partial charge in [0.15, 0.2) is 0 Å². The molecular weight excluding hydrogens is 228 g/mol. The molecule has 92 valence electrons. The van der Waals surface area contributed by atoms with E-state index in [4.69, 9.17) is 0 Å². The summed E-state index contributed by atoms with van der Waals surface area (Å²) < 4.78 is 0. The van der Waals surface area contributed by atoms with Gasteiger partial charge in [0.25, 0.3) is 0 Å². The van der Waals surface area contributed by atoms with Crippen LogP contribution in [0.2, 0.25) is 0 Å². The predicted molar refractivity (Wildman–Crippen MR) is 73.4 cm³/mol. The minimum Gasteiger partial charge on any atom is -0.385 e. The number of fused-ring (bicyclic) bond motifs is 2. The van der Waals surface area contributed by atoms with Crippen molar-refractivity contribution in [2.45, 2.75) is 55.6 Å². The van der Waals surface area contributed by atoms with Crippen LogP contribution in [0.5, 0.6) is 0 Å². The van der Waals surface area contributed by atoms with Gasteiger partial charge in [0.1, 0.15) is 0 Å². The summed E-state index contributed by atoms with van der Waals surface area (Å²) in [5.41, 5.74) is 3.11. The van der Waals surface area contributed by atoms with Crippen molar-refractivity contribution in [2.75, 3.05) is 0 Å². The summed E-state index contributed by atoms with van der Waals surface area (Å²) in [6.07, 6.45) is 4.47. The molecule has 2 aliphatic rings. The number of thioether (sulfide) groups is 1. The quantitative estimate of drug-likeness (QED) is 0.820. The largest absolute Gasteiger partial charge is 0.385 e. The zero-order valence-electron chi connectivity index (χ0n) is 10.6. The zero-order chi connectivity index (χ0) is 12.0. The molecule has 17 heavy (non-hydrogen) atoms. The van der Waals surface area contributed by atoms with Gasteiger partial charge in [-0.2, -0.15) is 11.8 Å². The van der Waals surface area contributed by atoms with E-state index in [9.17, 15) is 5.11 Å². The van der Waals surface area contributed by atoms with E-state index in [1.165, 1.54) is 29.5 Å². The fourth-order valence-corrected chi connectivity index (χ4v) is 5.21. The van der Waals surface area contributed by atoms with E-state index in [0.717, 1.165) is 12.8 Å². The SMILES string of the molecule is Cc1ccc(C)c(C2(O)CC3CCC(C2)S3)c1. The molecule has 2 heteroatoms. The topological polar surface area (TPSA) is 20.2 Å². The molecule has 0 aliphatic carbocycles. The molecule has 3 rings (SSSR count). The summed E-state index contributed by atoms with van der Waals surface area (Å²) in [5, 5.41) is 12.4. The standard InChI is InChI=1S/C15H20OS/c1-10-3-4-11(2)14(7-10)15(16)8-12-5-6-13(9-15)17-12/h3-4,7,12-13,16H,5-6,8-9H2,1-2H3. The van der Waals surface area contributed by atoms with Crippen molar-refractivity contribution in [3.05, 3.63) is 34.9 Å². The second-order valence-corrected chi connectivity index (χ2v) is 7.32. The van der Waals surface area contributed by atoms with Crippen molar-refractivity contribution in [3.63, 3.8) is 0 Å². The molecule has 1 aromatic carbocycles. The molecule has 2 saturated heterocycles. The smallest absolute Gasteiger partial charge is 0.0920 e. The first-order valence-corrected chi connectivity index (χ1v) is 7.47. The lowest BCUT2D eigenvalue weighted by Crippen LogP contribution is -2.35. The molecule has 2 heterocycles. The molecule has 0 saturated carbocycles. The van der Waals surface area contributed by atoms with Crippen molar-refractivity contribution >= 4 is 11.8 Å². The summed E-state index contributed by atoms with van der Waals surface area (Å²) in [6, 6.07) is 6.46. The van der Waals surface area contributed by atoms with Crippen molar-refractivity contribution < 1.29 is 5.11 Å². The molecule has 2 unspecified atom stereocenters. The van der Waals surface area contributed by atoms with Gasteiger partial charge in [-0.05, 0) is 50.7 Å². The highest BCUT2D eigenvalue weighted by Crippen LogP contribution is 2.51. The first kappa shape index (κ1) is 11.6. The van der Waals surface area contributed by atoms with E-state index in [-0.39, 0.29) is 0 Å². The lowest BCUT2D eigenvalue weighted by Gasteiger charge is -2.37. The molecule has 0 amide bonds. The zero-order valence-corrected chi connectivity index (χ0v) is 11.4. The van der Waals surface area contributed by atoms with Gasteiger partial charge in [-0.3, -0.25) is 0 Å². The predicted octanol–water partition coefficient (Wildman–Crippen LogP) is 3.55. The van der Waals surface area contributed by atoms with E-state index in [2.05, 4.69) is 43.8 Å². The molecule has 1 aromatic rings. The second kappa shape index (κ2) is 4.03. The monoisotopic (exact) mass is 248 g/mol. The molecule has 1 N–H and O–H groups in total. The fraction of sp³-hybridized carbons (Fsp3) is 0.600. The normalized spacial score (nSPS) is 36.2. The highest BCUT2D eigenvalue weighted by atomic mass is 32.2. The summed E-state index contributed by atoms with van der Waals surface area (Å²) in [6.45, 7) is 4.23. The molecule has 2 aliphatic heterocycles. The Kier molecular flexibility index (Phi) is 2.75. The van der Waals surface area contributed by atoms with Crippen LogP contribution in [0.4, 0.5) is 0 Å². The molecule has 2 bridgehead atoms. The van der Waals surface area contributed by atoms with Crippen molar-refractivity contribution in [2.24, 2.45) is 0 Å². The maximum atomic E-state index is 11.0. The summed E-state index contributed by atoms with van der Waals surface area (Å²) in [7, 11) is 0. The Bertz CT molecular complexity index is 429. The lowest BCUT2D eigenvalue weighted by atomic mass is 9.83. The van der Waals surface area contributed by atoms with Gasteiger partial charge in [0.2, 0.25) is 0 Å². The number of aliphatic hydroxyl groups is 1. The summed E-state index contributed by atoms with van der Waals surface area (Å²) in [4.78, 5) is 0. The Morgan fingerprint density at radius 1 is 1.18 bits per heavy atom. The van der Waals surface area contributed by atoms with Crippen LogP contribution in [0.15, 0.2) is 18.2 Å². The van der Waals surface area contributed by atoms with Gasteiger partial charge in [0.05, 0.1) is 5.60 Å². The lowest BCUT2D eigenvalue weighted by molar-refractivity contribution is 0.0190. The molecule has 2 atom stereocenters. The van der Waals surface area contributed by atoms with Crippen LogP contribution in [-0.2, 0) is 5.60 Å². The Hall–Kier alpha value is -0.470. The van der Waals surface area contributed by atoms with Crippen LogP contribution in [0, 0.1) is 13.8 Å². The average Bonchev–Trinajstić information content (AvgIpc) is 2.62. The molecular formula is C15H20OS. The highest BCUT2D eigenvalue weighted by molar-refractivity contribution is 8.00. The molecule has 0 spiro atoms. The third-order valence-corrected chi connectivity index (χ3v) is 5.80. The number of rotatable bonds is 1. The minimum absolute atomic E-state index is 0.562. The van der Waals surface area contributed by atoms with Crippen LogP contribution < -0.4 is 0 Å². The summed E-state index contributed by atoms with van der Waals surface area (Å²) in [5.74, 6) is 0. The van der Waals surface area contributed by atoms with Crippen LogP contribution in [0.1, 0.15) is 42.4 Å². The van der Waals surface area contributed by atoms with Crippen LogP contribution in [0.3, 0.4) is 0 Å². The Labute approximate surface area is 108 Å². The van der Waals surface area contributed by atoms with E-state index in [1.54, 1.807) is 0 Å². The van der Waals surface area contributed by atoms with Crippen molar-refractivity contribution in [1.29, 1.82) is 0 Å². The Balaban J connectivity index is 1.99. The third-order valence-electron chi connectivity index (χ3n) is 4.22. The van der Waals surface area contributed by atoms with E-state index in [1.807, 2.05) is 0 Å². The number of benzene rings is 1. The van der Waals surface area contributed by atoms with Crippen LogP contribution >= 0.6 is 11.8 Å². The van der Waals surface area contributed by atoms with E-state index in [0.29, 0.717) is 10.5 Å². The molecule has 2 fully saturated rings. The Morgan fingerprint density at radius 2 is 1.82 bits per heavy atom. The molecule has 0 aromatic heterocycles. The number of hydrogen-bond acceptors (Lipinski definition) is 2. The first-order valence-electron chi connectivity index (χ1n) is 6.52. The second-order valence-electron chi connectivity index (χ2n) is 5.72. The van der Waals surface area contributed by atoms with Crippen LogP contribution in [-0.4, -0.2) is 15.6 Å². The van der Waals surface area contributed by atoms with E-state index < -0.39 is 5.60 Å². The number of hydrogen-bond donors (Lipinski definition) is 1. The highest BCUT2D eigenvalue weighted by Gasteiger charge is 2.44. The van der Waals surface area contributed by atoms with Crippen LogP contribution in [0.25, 0.3) is 0 Å². The van der Waals surface area contributed by atoms with Gasteiger partial charge in [0, 0.05) is 10.5 Å². The minimum atomic E-state index is -0.562. The third kappa shape index (κ3) is 2.02. The van der Waals surface area contributed by atoms with Crippen molar-refractivity contribution in [3.8, 4) is 0 Å². The maximum absolute atomic E-state index is 11.0. The average molecular weight is 248 g/mol. The number of aryl methyl sites for hydroxylation is 2. The van der Waals surface area contributed by atoms with Gasteiger partial charge in [-0.25, -0.2) is 0 Å². The first-order chi connectivity index (χ1) is 8.07. The van der Waals surface area contributed by atoms with Gasteiger partial charge >= 0.3 is 0 Å². The van der Waals surface area contributed by atoms with Gasteiger partial charge in [-0.15, -0.1) is 0 Å². The van der Waals surface area contributed by atoms with E-state index >= 15 is 0 Å².